The van der Waals surface area contributed by atoms with Gasteiger partial charge in [0.1, 0.15) is 6.04 Å². The first-order chi connectivity index (χ1) is 7.07. The number of ether oxygens (including phenoxy) is 1. The molecule has 0 bridgehead atoms. The molecule has 4 heteroatoms. The molecule has 0 aliphatic carbocycles. The Balaban J connectivity index is 0.00000225. The zero-order valence-corrected chi connectivity index (χ0v) is 10.6. The zero-order valence-electron chi connectivity index (χ0n) is 9.82. The van der Waals surface area contributed by atoms with Crippen LogP contribution < -0.4 is 5.73 Å². The Bertz CT molecular complexity index is 366. The van der Waals surface area contributed by atoms with Crippen molar-refractivity contribution in [1.29, 1.82) is 0 Å². The summed E-state index contributed by atoms with van der Waals surface area (Å²) in [6.07, 6.45) is 0. The van der Waals surface area contributed by atoms with Crippen LogP contribution in [0.1, 0.15) is 29.7 Å². The van der Waals surface area contributed by atoms with E-state index in [9.17, 15) is 4.79 Å². The average Bonchev–Trinajstić information content (AvgIpc) is 2.21. The van der Waals surface area contributed by atoms with Crippen LogP contribution in [0.25, 0.3) is 0 Å². The molecule has 2 N–H and O–H groups in total. The van der Waals surface area contributed by atoms with Crippen molar-refractivity contribution in [2.75, 3.05) is 6.61 Å². The van der Waals surface area contributed by atoms with Gasteiger partial charge in [0.05, 0.1) is 6.61 Å². The van der Waals surface area contributed by atoms with E-state index in [1.54, 1.807) is 6.92 Å². The van der Waals surface area contributed by atoms with Crippen LogP contribution in [-0.2, 0) is 9.53 Å². The summed E-state index contributed by atoms with van der Waals surface area (Å²) in [5.41, 5.74) is 8.85. The lowest BCUT2D eigenvalue weighted by atomic mass is 9.98. The van der Waals surface area contributed by atoms with Crippen LogP contribution in [0, 0.1) is 13.8 Å². The van der Waals surface area contributed by atoms with Crippen molar-refractivity contribution in [2.45, 2.75) is 26.8 Å². The van der Waals surface area contributed by atoms with Crippen LogP contribution in [0.2, 0.25) is 0 Å². The van der Waals surface area contributed by atoms with E-state index in [-0.39, 0.29) is 18.4 Å². The second-order valence-corrected chi connectivity index (χ2v) is 3.52. The minimum absolute atomic E-state index is 0. The number of carbonyl (C=O) groups is 1. The van der Waals surface area contributed by atoms with Crippen molar-refractivity contribution in [3.05, 3.63) is 34.9 Å². The van der Waals surface area contributed by atoms with E-state index < -0.39 is 6.04 Å². The third kappa shape index (κ3) is 3.22. The molecule has 0 amide bonds. The fourth-order valence-corrected chi connectivity index (χ4v) is 1.47. The topological polar surface area (TPSA) is 52.3 Å². The minimum atomic E-state index is -0.676. The first-order valence-corrected chi connectivity index (χ1v) is 5.06. The van der Waals surface area contributed by atoms with Crippen molar-refractivity contribution in [3.8, 4) is 0 Å². The normalized spacial score (nSPS) is 11.5. The van der Waals surface area contributed by atoms with Gasteiger partial charge in [0.25, 0.3) is 0 Å². The predicted molar refractivity (Wildman–Crippen MR) is 66.7 cm³/mol. The van der Waals surface area contributed by atoms with Crippen LogP contribution in [0.3, 0.4) is 0 Å². The highest BCUT2D eigenvalue weighted by Gasteiger charge is 2.18. The molecule has 1 atom stereocenters. The summed E-state index contributed by atoms with van der Waals surface area (Å²) in [6, 6.07) is 5.09. The van der Waals surface area contributed by atoms with Crippen LogP contribution in [0.4, 0.5) is 0 Å². The van der Waals surface area contributed by atoms with Crippen molar-refractivity contribution < 1.29 is 9.53 Å². The van der Waals surface area contributed by atoms with Gasteiger partial charge in [-0.15, -0.1) is 12.4 Å². The van der Waals surface area contributed by atoms with Crippen molar-refractivity contribution >= 4 is 18.4 Å². The second-order valence-electron chi connectivity index (χ2n) is 3.52. The van der Waals surface area contributed by atoms with Gasteiger partial charge in [-0.3, -0.25) is 0 Å². The smallest absolute Gasteiger partial charge is 0.327 e. The molecule has 1 aromatic rings. The number of hydrogen-bond donors (Lipinski definition) is 1. The maximum Gasteiger partial charge on any atom is 0.327 e. The summed E-state index contributed by atoms with van der Waals surface area (Å²) in [5.74, 6) is -0.369. The lowest BCUT2D eigenvalue weighted by molar-refractivity contribution is -0.144. The zero-order chi connectivity index (χ0) is 11.4. The van der Waals surface area contributed by atoms with E-state index in [0.717, 1.165) is 16.7 Å². The summed E-state index contributed by atoms with van der Waals surface area (Å²) in [6.45, 7) is 6.09. The first-order valence-electron chi connectivity index (χ1n) is 5.06. The lowest BCUT2D eigenvalue weighted by Gasteiger charge is -2.14. The van der Waals surface area contributed by atoms with Crippen molar-refractivity contribution in [2.24, 2.45) is 5.73 Å². The van der Waals surface area contributed by atoms with Gasteiger partial charge in [-0.1, -0.05) is 18.2 Å². The monoisotopic (exact) mass is 243 g/mol. The van der Waals surface area contributed by atoms with Crippen LogP contribution in [0.5, 0.6) is 0 Å². The molecule has 0 spiro atoms. The number of benzene rings is 1. The molecule has 0 fully saturated rings. The quantitative estimate of drug-likeness (QED) is 0.829. The summed E-state index contributed by atoms with van der Waals surface area (Å²) in [4.78, 5) is 11.5. The Kier molecular flexibility index (Phi) is 6.08. The molecule has 1 unspecified atom stereocenters. The molecule has 1 rings (SSSR count). The highest BCUT2D eigenvalue weighted by atomic mass is 35.5. The molecule has 0 radical (unpaired) electrons. The molecule has 0 saturated carbocycles. The van der Waals surface area contributed by atoms with E-state index >= 15 is 0 Å². The summed E-state index contributed by atoms with van der Waals surface area (Å²) >= 11 is 0. The molecule has 0 aliphatic heterocycles. The maximum atomic E-state index is 11.5. The second kappa shape index (κ2) is 6.51. The Morgan fingerprint density at radius 2 is 2.06 bits per heavy atom. The average molecular weight is 244 g/mol. The molecular weight excluding hydrogens is 226 g/mol. The number of carbonyl (C=O) groups excluding carboxylic acids is 1. The molecule has 0 aromatic heterocycles. The molecule has 0 aliphatic rings. The van der Waals surface area contributed by atoms with Gasteiger partial charge in [0, 0.05) is 0 Å². The Hall–Kier alpha value is -1.06. The van der Waals surface area contributed by atoms with E-state index in [2.05, 4.69) is 0 Å². The fourth-order valence-electron chi connectivity index (χ4n) is 1.47. The SMILES string of the molecule is CCOC(=O)C(N)c1cccc(C)c1C.Cl. The van der Waals surface area contributed by atoms with Crippen LogP contribution in [0.15, 0.2) is 18.2 Å². The highest BCUT2D eigenvalue weighted by Crippen LogP contribution is 2.19. The number of esters is 1. The van der Waals surface area contributed by atoms with Gasteiger partial charge in [-0.25, -0.2) is 4.79 Å². The van der Waals surface area contributed by atoms with Gasteiger partial charge < -0.3 is 10.5 Å². The molecule has 3 nitrogen and oxygen atoms in total. The lowest BCUT2D eigenvalue weighted by Crippen LogP contribution is -2.24. The van der Waals surface area contributed by atoms with E-state index in [1.165, 1.54) is 0 Å². The van der Waals surface area contributed by atoms with E-state index in [4.69, 9.17) is 10.5 Å². The number of rotatable bonds is 3. The molecule has 0 saturated heterocycles. The fraction of sp³-hybridized carbons (Fsp3) is 0.417. The Morgan fingerprint density at radius 3 is 2.62 bits per heavy atom. The molecule has 90 valence electrons. The molecule has 0 heterocycles. The van der Waals surface area contributed by atoms with Crippen molar-refractivity contribution in [1.82, 2.24) is 0 Å². The molecular formula is C12H18ClNO2. The third-order valence-electron chi connectivity index (χ3n) is 2.52. The number of nitrogens with two attached hydrogens (primary N) is 1. The van der Waals surface area contributed by atoms with Crippen LogP contribution >= 0.6 is 12.4 Å². The van der Waals surface area contributed by atoms with Crippen LogP contribution in [-0.4, -0.2) is 12.6 Å². The van der Waals surface area contributed by atoms with Crippen molar-refractivity contribution in [3.63, 3.8) is 0 Å². The van der Waals surface area contributed by atoms with E-state index in [1.807, 2.05) is 32.0 Å². The van der Waals surface area contributed by atoms with Gasteiger partial charge in [-0.2, -0.15) is 0 Å². The maximum absolute atomic E-state index is 11.5. The number of aryl methyl sites for hydroxylation is 1. The largest absolute Gasteiger partial charge is 0.465 e. The third-order valence-corrected chi connectivity index (χ3v) is 2.52. The first kappa shape index (κ1) is 14.9. The van der Waals surface area contributed by atoms with Gasteiger partial charge in [0.2, 0.25) is 0 Å². The van der Waals surface area contributed by atoms with Gasteiger partial charge >= 0.3 is 5.97 Å². The standard InChI is InChI=1S/C12H17NO2.ClH/c1-4-15-12(14)11(13)10-7-5-6-8(2)9(10)3;/h5-7,11H,4,13H2,1-3H3;1H. The number of hydrogen-bond acceptors (Lipinski definition) is 3. The Labute approximate surface area is 102 Å². The summed E-state index contributed by atoms with van der Waals surface area (Å²) in [7, 11) is 0. The molecule has 1 aromatic carbocycles. The minimum Gasteiger partial charge on any atom is -0.465 e. The molecule has 16 heavy (non-hydrogen) atoms. The van der Waals surface area contributed by atoms with Gasteiger partial charge in [-0.05, 0) is 37.5 Å². The van der Waals surface area contributed by atoms with E-state index in [0.29, 0.717) is 6.61 Å². The Morgan fingerprint density at radius 1 is 1.44 bits per heavy atom. The summed E-state index contributed by atoms with van der Waals surface area (Å²) in [5, 5.41) is 0. The van der Waals surface area contributed by atoms with Gasteiger partial charge in [0.15, 0.2) is 0 Å². The predicted octanol–water partition coefficient (Wildman–Crippen LogP) is 2.29. The summed E-state index contributed by atoms with van der Waals surface area (Å²) < 4.78 is 4.89. The number of halogens is 1. The highest BCUT2D eigenvalue weighted by molar-refractivity contribution is 5.85.